The van der Waals surface area contributed by atoms with Gasteiger partial charge in [-0.05, 0) is 31.9 Å². The highest BCUT2D eigenvalue weighted by molar-refractivity contribution is 5.96. The van der Waals surface area contributed by atoms with Gasteiger partial charge in [-0.1, -0.05) is 0 Å². The first-order valence-corrected chi connectivity index (χ1v) is 8.20. The third-order valence-electron chi connectivity index (χ3n) is 4.73. The summed E-state index contributed by atoms with van der Waals surface area (Å²) in [6.07, 6.45) is 3.45. The Morgan fingerprint density at radius 1 is 1.17 bits per heavy atom. The molecule has 1 unspecified atom stereocenters. The van der Waals surface area contributed by atoms with E-state index in [2.05, 4.69) is 10.2 Å². The van der Waals surface area contributed by atoms with E-state index in [1.54, 1.807) is 17.0 Å². The summed E-state index contributed by atoms with van der Waals surface area (Å²) < 4.78 is 7.16. The topological polar surface area (TPSA) is 84.5 Å². The van der Waals surface area contributed by atoms with Crippen LogP contribution in [0.5, 0.6) is 0 Å². The van der Waals surface area contributed by atoms with E-state index in [1.807, 2.05) is 16.4 Å². The summed E-state index contributed by atoms with van der Waals surface area (Å²) in [5.74, 6) is 1.16. The van der Waals surface area contributed by atoms with Gasteiger partial charge < -0.3 is 18.8 Å². The third kappa shape index (κ3) is 2.29. The Morgan fingerprint density at radius 2 is 1.96 bits per heavy atom. The van der Waals surface area contributed by atoms with Crippen LogP contribution in [0.15, 0.2) is 22.8 Å². The number of aromatic nitrogens is 3. The van der Waals surface area contributed by atoms with Crippen LogP contribution in [0, 0.1) is 6.92 Å². The first kappa shape index (κ1) is 14.9. The van der Waals surface area contributed by atoms with Gasteiger partial charge in [0.1, 0.15) is 5.82 Å². The molecule has 1 saturated heterocycles. The van der Waals surface area contributed by atoms with Gasteiger partial charge in [0.25, 0.3) is 11.8 Å². The molecule has 2 aromatic heterocycles. The van der Waals surface area contributed by atoms with Crippen molar-refractivity contribution in [3.63, 3.8) is 0 Å². The highest BCUT2D eigenvalue weighted by Gasteiger charge is 2.42. The summed E-state index contributed by atoms with van der Waals surface area (Å²) in [6.45, 7) is 4.31. The molecule has 4 rings (SSSR count). The summed E-state index contributed by atoms with van der Waals surface area (Å²) in [7, 11) is 0. The molecule has 2 aliphatic rings. The normalized spacial score (nSPS) is 20.3. The number of aryl methyl sites for hydroxylation is 1. The molecule has 126 valence electrons. The first-order chi connectivity index (χ1) is 11.7. The summed E-state index contributed by atoms with van der Waals surface area (Å²) in [5, 5.41) is 8.28. The molecular formula is C16H19N5O3. The molecule has 1 atom stereocenters. The van der Waals surface area contributed by atoms with Crippen LogP contribution in [0.4, 0.5) is 0 Å². The summed E-state index contributed by atoms with van der Waals surface area (Å²) >= 11 is 0. The maximum absolute atomic E-state index is 13.1. The van der Waals surface area contributed by atoms with Crippen LogP contribution >= 0.6 is 0 Å². The molecule has 0 saturated carbocycles. The van der Waals surface area contributed by atoms with Crippen molar-refractivity contribution in [3.8, 4) is 0 Å². The van der Waals surface area contributed by atoms with E-state index in [-0.39, 0.29) is 17.6 Å². The molecule has 2 aliphatic heterocycles. The molecule has 2 amide bonds. The Morgan fingerprint density at radius 3 is 2.67 bits per heavy atom. The van der Waals surface area contributed by atoms with Gasteiger partial charge in [-0.15, -0.1) is 10.2 Å². The van der Waals surface area contributed by atoms with Crippen LogP contribution < -0.4 is 0 Å². The van der Waals surface area contributed by atoms with E-state index in [9.17, 15) is 9.59 Å². The lowest BCUT2D eigenvalue weighted by molar-refractivity contribution is -0.136. The zero-order valence-corrected chi connectivity index (χ0v) is 13.5. The number of fused-ring (bicyclic) bond motifs is 1. The molecule has 1 fully saturated rings. The number of carbonyl (C=O) groups excluding carboxylic acids is 2. The Kier molecular flexibility index (Phi) is 3.59. The zero-order valence-electron chi connectivity index (χ0n) is 13.5. The number of hydrogen-bond donors (Lipinski definition) is 0. The maximum atomic E-state index is 13.1. The average Bonchev–Trinajstić information content (AvgIpc) is 3.34. The molecule has 0 radical (unpaired) electrons. The lowest BCUT2D eigenvalue weighted by atomic mass is 10.1. The van der Waals surface area contributed by atoms with Crippen LogP contribution in [0.1, 0.15) is 41.1 Å². The number of rotatable bonds is 2. The second-order valence-corrected chi connectivity index (χ2v) is 6.17. The number of amides is 2. The molecule has 24 heavy (non-hydrogen) atoms. The predicted molar refractivity (Wildman–Crippen MR) is 83.1 cm³/mol. The van der Waals surface area contributed by atoms with E-state index >= 15 is 0 Å². The fraction of sp³-hybridized carbons (Fsp3) is 0.500. The SMILES string of the molecule is Cc1nnc2n1CCN(C(=O)c1ccco1)C2C(=O)N1CCCC1. The molecule has 8 nitrogen and oxygen atoms in total. The van der Waals surface area contributed by atoms with Crippen LogP contribution in [0.25, 0.3) is 0 Å². The molecule has 8 heteroatoms. The van der Waals surface area contributed by atoms with E-state index in [0.717, 1.165) is 31.8 Å². The number of nitrogens with zero attached hydrogens (tertiary/aromatic N) is 5. The second-order valence-electron chi connectivity index (χ2n) is 6.17. The van der Waals surface area contributed by atoms with Crippen LogP contribution in [-0.2, 0) is 11.3 Å². The summed E-state index contributed by atoms with van der Waals surface area (Å²) in [4.78, 5) is 29.3. The minimum atomic E-state index is -0.740. The van der Waals surface area contributed by atoms with Crippen molar-refractivity contribution < 1.29 is 14.0 Å². The molecule has 0 aromatic carbocycles. The Balaban J connectivity index is 1.72. The van der Waals surface area contributed by atoms with E-state index < -0.39 is 6.04 Å². The van der Waals surface area contributed by atoms with Crippen molar-refractivity contribution >= 4 is 11.8 Å². The van der Waals surface area contributed by atoms with Gasteiger partial charge >= 0.3 is 0 Å². The van der Waals surface area contributed by atoms with Crippen molar-refractivity contribution in [2.45, 2.75) is 32.4 Å². The average molecular weight is 329 g/mol. The fourth-order valence-electron chi connectivity index (χ4n) is 3.47. The second kappa shape index (κ2) is 5.77. The van der Waals surface area contributed by atoms with Gasteiger partial charge in [-0.2, -0.15) is 0 Å². The fourth-order valence-corrected chi connectivity index (χ4v) is 3.47. The highest BCUT2D eigenvalue weighted by Crippen LogP contribution is 2.29. The van der Waals surface area contributed by atoms with Gasteiger partial charge in [-0.25, -0.2) is 0 Å². The molecule has 4 heterocycles. The Hall–Kier alpha value is -2.64. The van der Waals surface area contributed by atoms with E-state index in [1.165, 1.54) is 6.26 Å². The maximum Gasteiger partial charge on any atom is 0.290 e. The van der Waals surface area contributed by atoms with Gasteiger partial charge in [0, 0.05) is 26.2 Å². The quantitative estimate of drug-likeness (QED) is 0.820. The van der Waals surface area contributed by atoms with Crippen molar-refractivity contribution in [3.05, 3.63) is 35.8 Å². The highest BCUT2D eigenvalue weighted by atomic mass is 16.3. The predicted octanol–water partition coefficient (Wildman–Crippen LogP) is 0.999. The zero-order chi connectivity index (χ0) is 16.7. The van der Waals surface area contributed by atoms with Crippen molar-refractivity contribution in [1.29, 1.82) is 0 Å². The molecule has 2 aromatic rings. The van der Waals surface area contributed by atoms with Crippen LogP contribution in [0.2, 0.25) is 0 Å². The van der Waals surface area contributed by atoms with Crippen LogP contribution in [-0.4, -0.2) is 56.0 Å². The molecular weight excluding hydrogens is 310 g/mol. The molecule has 0 N–H and O–H groups in total. The molecule has 0 bridgehead atoms. The lowest BCUT2D eigenvalue weighted by Gasteiger charge is -2.36. The van der Waals surface area contributed by atoms with Crippen molar-refractivity contribution in [1.82, 2.24) is 24.6 Å². The van der Waals surface area contributed by atoms with Crippen molar-refractivity contribution in [2.24, 2.45) is 0 Å². The number of likely N-dealkylation sites (tertiary alicyclic amines) is 1. The van der Waals surface area contributed by atoms with Crippen LogP contribution in [0.3, 0.4) is 0 Å². The number of furan rings is 1. The van der Waals surface area contributed by atoms with E-state index in [4.69, 9.17) is 4.42 Å². The summed E-state index contributed by atoms with van der Waals surface area (Å²) in [5.41, 5.74) is 0. The smallest absolute Gasteiger partial charge is 0.290 e. The van der Waals surface area contributed by atoms with Gasteiger partial charge in [0.2, 0.25) is 0 Å². The largest absolute Gasteiger partial charge is 0.459 e. The van der Waals surface area contributed by atoms with E-state index in [0.29, 0.717) is 18.9 Å². The van der Waals surface area contributed by atoms with Crippen molar-refractivity contribution in [2.75, 3.05) is 19.6 Å². The minimum Gasteiger partial charge on any atom is -0.459 e. The monoisotopic (exact) mass is 329 g/mol. The van der Waals surface area contributed by atoms with Gasteiger partial charge in [0.05, 0.1) is 6.26 Å². The van der Waals surface area contributed by atoms with Gasteiger partial charge in [-0.3, -0.25) is 9.59 Å². The molecule has 0 aliphatic carbocycles. The van der Waals surface area contributed by atoms with Gasteiger partial charge in [0.15, 0.2) is 17.6 Å². The number of hydrogen-bond acceptors (Lipinski definition) is 5. The third-order valence-corrected chi connectivity index (χ3v) is 4.73. The lowest BCUT2D eigenvalue weighted by Crippen LogP contribution is -2.49. The number of carbonyl (C=O) groups is 2. The first-order valence-electron chi connectivity index (χ1n) is 8.20. The summed E-state index contributed by atoms with van der Waals surface area (Å²) in [6, 6.07) is 2.54. The standard InChI is InChI=1S/C16H19N5O3/c1-11-17-18-14-13(16(23)19-6-2-3-7-19)21(9-8-20(11)14)15(22)12-5-4-10-24-12/h4-5,10,13H,2-3,6-9H2,1H3. The Labute approximate surface area is 139 Å². The molecule has 0 spiro atoms. The minimum absolute atomic E-state index is 0.0826. The Bertz CT molecular complexity index is 761.